The van der Waals surface area contributed by atoms with Crippen molar-refractivity contribution < 1.29 is 9.53 Å². The third-order valence-electron chi connectivity index (χ3n) is 4.53. The van der Waals surface area contributed by atoms with E-state index in [0.717, 1.165) is 18.8 Å². The van der Waals surface area contributed by atoms with Crippen molar-refractivity contribution in [2.75, 3.05) is 19.7 Å². The normalized spacial score (nSPS) is 20.6. The van der Waals surface area contributed by atoms with Gasteiger partial charge in [-0.1, -0.05) is 13.8 Å². The number of nitrogens with zero attached hydrogens (tertiary/aromatic N) is 5. The number of likely N-dealkylation sites (tertiary alicyclic amines) is 1. The zero-order valence-corrected chi connectivity index (χ0v) is 15.3. The van der Waals surface area contributed by atoms with Crippen molar-refractivity contribution in [3.8, 4) is 11.7 Å². The molecule has 0 aliphatic carbocycles. The van der Waals surface area contributed by atoms with Gasteiger partial charge in [0.2, 0.25) is 5.88 Å². The van der Waals surface area contributed by atoms with E-state index >= 15 is 0 Å². The summed E-state index contributed by atoms with van der Waals surface area (Å²) in [7, 11) is 0. The van der Waals surface area contributed by atoms with Crippen LogP contribution in [0.4, 0.5) is 0 Å². The smallest absolute Gasteiger partial charge is 0.257 e. The summed E-state index contributed by atoms with van der Waals surface area (Å²) in [5.74, 6) is 2.14. The average Bonchev–Trinajstić information content (AvgIpc) is 2.96. The van der Waals surface area contributed by atoms with Crippen molar-refractivity contribution in [2.24, 2.45) is 11.8 Å². The molecular formula is C18H25N5O2. The minimum absolute atomic E-state index is 0.0426. The van der Waals surface area contributed by atoms with Crippen LogP contribution in [0.25, 0.3) is 5.82 Å². The van der Waals surface area contributed by atoms with E-state index in [9.17, 15) is 4.79 Å². The molecule has 1 aliphatic rings. The first-order chi connectivity index (χ1) is 12.0. The van der Waals surface area contributed by atoms with Crippen molar-refractivity contribution in [3.63, 3.8) is 0 Å². The highest BCUT2D eigenvalue weighted by molar-refractivity contribution is 5.95. The summed E-state index contributed by atoms with van der Waals surface area (Å²) in [6, 6.07) is 3.54. The van der Waals surface area contributed by atoms with Crippen LogP contribution in [0, 0.1) is 18.8 Å². The highest BCUT2D eigenvalue weighted by Crippen LogP contribution is 2.24. The first kappa shape index (κ1) is 17.4. The average molecular weight is 343 g/mol. The summed E-state index contributed by atoms with van der Waals surface area (Å²) in [6.45, 7) is 10.3. The van der Waals surface area contributed by atoms with Crippen molar-refractivity contribution in [3.05, 3.63) is 29.6 Å². The Morgan fingerprint density at radius 3 is 2.56 bits per heavy atom. The molecule has 7 heteroatoms. The number of carbonyl (C=O) groups is 1. The number of hydrogen-bond donors (Lipinski definition) is 0. The Labute approximate surface area is 148 Å². The fraction of sp³-hybridized carbons (Fsp3) is 0.556. The number of carbonyl (C=O) groups excluding carboxylic acids is 1. The van der Waals surface area contributed by atoms with E-state index in [1.165, 1.54) is 6.42 Å². The molecule has 1 fully saturated rings. The molecule has 0 radical (unpaired) electrons. The van der Waals surface area contributed by atoms with Crippen LogP contribution in [0.5, 0.6) is 5.88 Å². The number of amides is 1. The van der Waals surface area contributed by atoms with Crippen LogP contribution in [0.1, 0.15) is 43.2 Å². The van der Waals surface area contributed by atoms with Crippen LogP contribution in [0.3, 0.4) is 0 Å². The molecule has 2 aromatic rings. The predicted octanol–water partition coefficient (Wildman–Crippen LogP) is 2.49. The van der Waals surface area contributed by atoms with Gasteiger partial charge in [-0.25, -0.2) is 4.68 Å². The maximum absolute atomic E-state index is 12.9. The lowest BCUT2D eigenvalue weighted by Crippen LogP contribution is -2.42. The fourth-order valence-corrected chi connectivity index (χ4v) is 3.50. The van der Waals surface area contributed by atoms with Gasteiger partial charge in [-0.05, 0) is 38.2 Å². The van der Waals surface area contributed by atoms with E-state index in [1.807, 2.05) is 18.7 Å². The van der Waals surface area contributed by atoms with Crippen LogP contribution in [-0.4, -0.2) is 50.5 Å². The Morgan fingerprint density at radius 2 is 1.96 bits per heavy atom. The van der Waals surface area contributed by atoms with E-state index in [4.69, 9.17) is 4.74 Å². The molecule has 1 saturated heterocycles. The van der Waals surface area contributed by atoms with Gasteiger partial charge in [0.15, 0.2) is 5.82 Å². The number of piperidine rings is 1. The molecule has 1 aliphatic heterocycles. The quantitative estimate of drug-likeness (QED) is 0.853. The van der Waals surface area contributed by atoms with Gasteiger partial charge in [-0.2, -0.15) is 5.10 Å². The van der Waals surface area contributed by atoms with Crippen LogP contribution in [0.15, 0.2) is 18.3 Å². The maximum atomic E-state index is 12.9. The van der Waals surface area contributed by atoms with Gasteiger partial charge in [-0.3, -0.25) is 4.79 Å². The molecule has 0 unspecified atom stereocenters. The molecule has 0 N–H and O–H groups in total. The molecule has 2 aromatic heterocycles. The third-order valence-corrected chi connectivity index (χ3v) is 4.53. The molecule has 0 spiro atoms. The predicted molar refractivity (Wildman–Crippen MR) is 93.9 cm³/mol. The molecular weight excluding hydrogens is 318 g/mol. The summed E-state index contributed by atoms with van der Waals surface area (Å²) < 4.78 is 6.95. The highest BCUT2D eigenvalue weighted by atomic mass is 16.5. The van der Waals surface area contributed by atoms with Gasteiger partial charge >= 0.3 is 0 Å². The molecule has 1 amide bonds. The number of hydrogen-bond acceptors (Lipinski definition) is 5. The Hall–Kier alpha value is -2.44. The minimum atomic E-state index is 0.0426. The van der Waals surface area contributed by atoms with E-state index in [1.54, 1.807) is 23.0 Å². The lowest BCUT2D eigenvalue weighted by atomic mass is 9.91. The number of rotatable bonds is 4. The van der Waals surface area contributed by atoms with E-state index in [0.29, 0.717) is 35.7 Å². The second-order valence-electron chi connectivity index (χ2n) is 6.87. The monoisotopic (exact) mass is 343 g/mol. The molecule has 3 rings (SSSR count). The molecule has 2 atom stereocenters. The first-order valence-electron chi connectivity index (χ1n) is 8.80. The molecule has 7 nitrogen and oxygen atoms in total. The number of aromatic nitrogens is 4. The van der Waals surface area contributed by atoms with Crippen LogP contribution < -0.4 is 4.74 Å². The van der Waals surface area contributed by atoms with Gasteiger partial charge in [0.1, 0.15) is 0 Å². The fourth-order valence-electron chi connectivity index (χ4n) is 3.50. The maximum Gasteiger partial charge on any atom is 0.257 e. The van der Waals surface area contributed by atoms with Crippen LogP contribution >= 0.6 is 0 Å². The minimum Gasteiger partial charge on any atom is -0.477 e. The molecule has 0 saturated carbocycles. The molecule has 3 heterocycles. The van der Waals surface area contributed by atoms with Crippen molar-refractivity contribution in [1.82, 2.24) is 24.9 Å². The van der Waals surface area contributed by atoms with Gasteiger partial charge in [0.05, 0.1) is 24.1 Å². The molecule has 0 bridgehead atoms. The zero-order valence-electron chi connectivity index (χ0n) is 15.3. The van der Waals surface area contributed by atoms with Gasteiger partial charge in [0, 0.05) is 19.2 Å². The summed E-state index contributed by atoms with van der Waals surface area (Å²) in [5, 5.41) is 12.5. The van der Waals surface area contributed by atoms with Crippen molar-refractivity contribution in [2.45, 2.75) is 34.1 Å². The third kappa shape index (κ3) is 3.65. The molecule has 25 heavy (non-hydrogen) atoms. The standard InChI is InChI=1S/C18H25N5O2/c1-5-25-17-7-6-16(20-21-17)23-14(4)15(9-19-23)18(24)22-10-12(2)8-13(3)11-22/h6-7,9,12-13H,5,8,10-11H2,1-4H3/t12-,13-/m1/s1. The second kappa shape index (κ2) is 7.21. The van der Waals surface area contributed by atoms with E-state index in [-0.39, 0.29) is 5.91 Å². The Bertz CT molecular complexity index is 730. The molecule has 0 aromatic carbocycles. The summed E-state index contributed by atoms with van der Waals surface area (Å²) >= 11 is 0. The van der Waals surface area contributed by atoms with Gasteiger partial charge < -0.3 is 9.64 Å². The van der Waals surface area contributed by atoms with Gasteiger partial charge in [-0.15, -0.1) is 10.2 Å². The highest BCUT2D eigenvalue weighted by Gasteiger charge is 2.28. The summed E-state index contributed by atoms with van der Waals surface area (Å²) in [5.41, 5.74) is 1.39. The second-order valence-corrected chi connectivity index (χ2v) is 6.87. The van der Waals surface area contributed by atoms with Crippen LogP contribution in [0.2, 0.25) is 0 Å². The van der Waals surface area contributed by atoms with E-state index in [2.05, 4.69) is 29.1 Å². The van der Waals surface area contributed by atoms with Crippen molar-refractivity contribution >= 4 is 5.91 Å². The summed E-state index contributed by atoms with van der Waals surface area (Å²) in [6.07, 6.45) is 2.80. The molecule has 134 valence electrons. The number of ether oxygens (including phenoxy) is 1. The Morgan fingerprint density at radius 1 is 1.24 bits per heavy atom. The topological polar surface area (TPSA) is 73.1 Å². The largest absolute Gasteiger partial charge is 0.477 e. The van der Waals surface area contributed by atoms with Gasteiger partial charge in [0.25, 0.3) is 5.91 Å². The lowest BCUT2D eigenvalue weighted by molar-refractivity contribution is 0.0622. The zero-order chi connectivity index (χ0) is 18.0. The van der Waals surface area contributed by atoms with Crippen LogP contribution in [-0.2, 0) is 0 Å². The van der Waals surface area contributed by atoms with Crippen molar-refractivity contribution in [1.29, 1.82) is 0 Å². The van der Waals surface area contributed by atoms with E-state index < -0.39 is 0 Å². The Balaban J connectivity index is 1.82. The summed E-state index contributed by atoms with van der Waals surface area (Å²) in [4.78, 5) is 14.9. The SMILES string of the molecule is CCOc1ccc(-n2ncc(C(=O)N3C[C@H](C)C[C@@H](C)C3)c2C)nn1. The first-order valence-corrected chi connectivity index (χ1v) is 8.80. The Kier molecular flexibility index (Phi) is 5.01. The lowest BCUT2D eigenvalue weighted by Gasteiger charge is -2.34.